The Kier molecular flexibility index (Phi) is 12.4. The number of ether oxygens (including phenoxy) is 1. The smallest absolute Gasteiger partial charge is 0.305 e. The van der Waals surface area contributed by atoms with Crippen molar-refractivity contribution in [3.05, 3.63) is 29.8 Å². The zero-order valence-corrected chi connectivity index (χ0v) is 10.6. The molecule has 94 valence electrons. The maximum atomic E-state index is 10.8. The van der Waals surface area contributed by atoms with Gasteiger partial charge in [-0.1, -0.05) is 26.0 Å². The molecule has 1 N–H and O–H groups in total. The lowest BCUT2D eigenvalue weighted by Crippen LogP contribution is -2.01. The number of esters is 1. The number of aryl methyl sites for hydroxylation is 1. The number of rotatable bonds is 3. The van der Waals surface area contributed by atoms with E-state index in [9.17, 15) is 4.79 Å². The molecule has 1 aromatic carbocycles. The van der Waals surface area contributed by atoms with Crippen molar-refractivity contribution in [3.8, 4) is 18.6 Å². The van der Waals surface area contributed by atoms with Gasteiger partial charge in [-0.2, -0.15) is 0 Å². The van der Waals surface area contributed by atoms with Crippen LogP contribution >= 0.6 is 0 Å². The predicted molar refractivity (Wildman–Crippen MR) is 69.7 cm³/mol. The molecule has 1 aromatic rings. The van der Waals surface area contributed by atoms with Crippen molar-refractivity contribution >= 4 is 5.97 Å². The van der Waals surface area contributed by atoms with Crippen LogP contribution in [0.1, 0.15) is 25.8 Å². The summed E-state index contributed by atoms with van der Waals surface area (Å²) in [6, 6.07) is 6.79. The number of aromatic hydroxyl groups is 1. The van der Waals surface area contributed by atoms with Gasteiger partial charge in [0.2, 0.25) is 0 Å². The van der Waals surface area contributed by atoms with Crippen LogP contribution in [0, 0.1) is 12.8 Å². The lowest BCUT2D eigenvalue weighted by Gasteiger charge is -2.00. The molecule has 0 atom stereocenters. The standard InChI is InChI=1S/C10H12O3.C2H6.C2H2/c1-13-10(12)7-4-8-2-5-9(11)6-3-8;2*1-2/h2-3,5-6,11H,4,7H2,1H3;1-2H3;1-2H. The first-order chi connectivity index (χ1) is 8.22. The van der Waals surface area contributed by atoms with Crippen molar-refractivity contribution in [1.29, 1.82) is 0 Å². The van der Waals surface area contributed by atoms with Crippen LogP contribution in [-0.4, -0.2) is 18.2 Å². The summed E-state index contributed by atoms with van der Waals surface area (Å²) in [6.07, 6.45) is 9.02. The van der Waals surface area contributed by atoms with E-state index in [0.29, 0.717) is 12.8 Å². The van der Waals surface area contributed by atoms with Crippen molar-refractivity contribution in [3.63, 3.8) is 0 Å². The van der Waals surface area contributed by atoms with Crippen LogP contribution in [-0.2, 0) is 16.0 Å². The normalized spacial score (nSPS) is 7.82. The van der Waals surface area contributed by atoms with E-state index in [1.165, 1.54) is 7.11 Å². The summed E-state index contributed by atoms with van der Waals surface area (Å²) in [4.78, 5) is 10.8. The zero-order valence-electron chi connectivity index (χ0n) is 10.6. The topological polar surface area (TPSA) is 46.5 Å². The van der Waals surface area contributed by atoms with Crippen LogP contribution in [0.15, 0.2) is 24.3 Å². The second kappa shape index (κ2) is 12.1. The number of carbonyl (C=O) groups excluding carboxylic acids is 1. The minimum absolute atomic E-state index is 0.215. The Morgan fingerprint density at radius 1 is 1.24 bits per heavy atom. The van der Waals surface area contributed by atoms with E-state index >= 15 is 0 Å². The number of hydrogen-bond acceptors (Lipinski definition) is 3. The third-order valence-corrected chi connectivity index (χ3v) is 1.78. The molecular weight excluding hydrogens is 216 g/mol. The average Bonchev–Trinajstić information content (AvgIpc) is 2.42. The van der Waals surface area contributed by atoms with Crippen LogP contribution in [0.4, 0.5) is 0 Å². The lowest BCUT2D eigenvalue weighted by molar-refractivity contribution is -0.140. The summed E-state index contributed by atoms with van der Waals surface area (Å²) in [7, 11) is 1.37. The van der Waals surface area contributed by atoms with Crippen molar-refractivity contribution in [1.82, 2.24) is 0 Å². The molecule has 0 saturated heterocycles. The predicted octanol–water partition coefficient (Wildman–Crippen LogP) is 2.77. The quantitative estimate of drug-likeness (QED) is 0.648. The molecule has 17 heavy (non-hydrogen) atoms. The first-order valence-electron chi connectivity index (χ1n) is 5.40. The fraction of sp³-hybridized carbons (Fsp3) is 0.357. The Labute approximate surface area is 103 Å². The largest absolute Gasteiger partial charge is 0.508 e. The van der Waals surface area contributed by atoms with Crippen molar-refractivity contribution < 1.29 is 14.6 Å². The number of carbonyl (C=O) groups is 1. The van der Waals surface area contributed by atoms with E-state index in [-0.39, 0.29) is 11.7 Å². The molecule has 3 heteroatoms. The molecule has 0 fully saturated rings. The molecule has 0 bridgehead atoms. The molecule has 0 spiro atoms. The Morgan fingerprint density at radius 2 is 1.71 bits per heavy atom. The summed E-state index contributed by atoms with van der Waals surface area (Å²) < 4.78 is 4.51. The van der Waals surface area contributed by atoms with Crippen LogP contribution in [0.25, 0.3) is 0 Å². The molecule has 3 nitrogen and oxygen atoms in total. The fourth-order valence-electron chi connectivity index (χ4n) is 1.01. The highest BCUT2D eigenvalue weighted by Gasteiger charge is 2.00. The molecule has 0 aliphatic carbocycles. The SMILES string of the molecule is C#C.CC.COC(=O)CCc1ccc(O)cc1. The highest BCUT2D eigenvalue weighted by molar-refractivity contribution is 5.69. The van der Waals surface area contributed by atoms with Gasteiger partial charge < -0.3 is 9.84 Å². The fourth-order valence-corrected chi connectivity index (χ4v) is 1.01. The maximum Gasteiger partial charge on any atom is 0.305 e. The monoisotopic (exact) mass is 236 g/mol. The van der Waals surface area contributed by atoms with E-state index in [1.807, 2.05) is 13.8 Å². The highest BCUT2D eigenvalue weighted by Crippen LogP contribution is 2.11. The van der Waals surface area contributed by atoms with Crippen LogP contribution < -0.4 is 0 Å². The number of hydrogen-bond donors (Lipinski definition) is 1. The van der Waals surface area contributed by atoms with Crippen molar-refractivity contribution in [2.24, 2.45) is 0 Å². The third-order valence-electron chi connectivity index (χ3n) is 1.78. The van der Waals surface area contributed by atoms with Gasteiger partial charge in [0.15, 0.2) is 0 Å². The highest BCUT2D eigenvalue weighted by atomic mass is 16.5. The van der Waals surface area contributed by atoms with Crippen molar-refractivity contribution in [2.45, 2.75) is 26.7 Å². The molecule has 0 aliphatic heterocycles. The average molecular weight is 236 g/mol. The summed E-state index contributed by atoms with van der Waals surface area (Å²) in [5.41, 5.74) is 1.02. The Bertz CT molecular complexity index is 312. The molecule has 0 amide bonds. The molecular formula is C14H20O3. The van der Waals surface area contributed by atoms with Gasteiger partial charge in [0, 0.05) is 6.42 Å². The number of phenolic OH excluding ortho intramolecular Hbond substituents is 1. The molecule has 0 heterocycles. The van der Waals surface area contributed by atoms with Crippen LogP contribution in [0.3, 0.4) is 0 Å². The van der Waals surface area contributed by atoms with Gasteiger partial charge >= 0.3 is 5.97 Å². The second-order valence-corrected chi connectivity index (χ2v) is 2.74. The van der Waals surface area contributed by atoms with E-state index < -0.39 is 0 Å². The molecule has 0 aromatic heterocycles. The van der Waals surface area contributed by atoms with Gasteiger partial charge in [0.1, 0.15) is 5.75 Å². The second-order valence-electron chi connectivity index (χ2n) is 2.74. The Hall–Kier alpha value is -1.95. The summed E-state index contributed by atoms with van der Waals surface area (Å²) in [6.45, 7) is 4.00. The van der Waals surface area contributed by atoms with Gasteiger partial charge in [-0.25, -0.2) is 0 Å². The van der Waals surface area contributed by atoms with E-state index in [0.717, 1.165) is 5.56 Å². The number of phenols is 1. The van der Waals surface area contributed by atoms with Gasteiger partial charge in [-0.05, 0) is 24.1 Å². The van der Waals surface area contributed by atoms with Crippen molar-refractivity contribution in [2.75, 3.05) is 7.11 Å². The van der Waals surface area contributed by atoms with Gasteiger partial charge in [-0.15, -0.1) is 12.8 Å². The van der Waals surface area contributed by atoms with Gasteiger partial charge in [-0.3, -0.25) is 4.79 Å². The molecule has 0 saturated carbocycles. The molecule has 0 radical (unpaired) electrons. The van der Waals surface area contributed by atoms with Crippen LogP contribution in [0.2, 0.25) is 0 Å². The summed E-state index contributed by atoms with van der Waals surface area (Å²) >= 11 is 0. The summed E-state index contributed by atoms with van der Waals surface area (Å²) in [5, 5.41) is 8.99. The lowest BCUT2D eigenvalue weighted by atomic mass is 10.1. The third kappa shape index (κ3) is 9.01. The molecule has 0 unspecified atom stereocenters. The first-order valence-corrected chi connectivity index (χ1v) is 5.40. The summed E-state index contributed by atoms with van der Waals surface area (Å²) in [5.74, 6) is 0.0230. The Morgan fingerprint density at radius 3 is 2.12 bits per heavy atom. The minimum atomic E-state index is -0.215. The van der Waals surface area contributed by atoms with Crippen LogP contribution in [0.5, 0.6) is 5.75 Å². The van der Waals surface area contributed by atoms with Gasteiger partial charge in [0.25, 0.3) is 0 Å². The minimum Gasteiger partial charge on any atom is -0.508 e. The first kappa shape index (κ1) is 17.4. The molecule has 1 rings (SSSR count). The van der Waals surface area contributed by atoms with Gasteiger partial charge in [0.05, 0.1) is 7.11 Å². The zero-order chi connectivity index (χ0) is 13.7. The maximum absolute atomic E-state index is 10.8. The molecule has 0 aliphatic rings. The number of terminal acetylenes is 1. The number of benzene rings is 1. The van der Waals surface area contributed by atoms with E-state index in [2.05, 4.69) is 17.6 Å². The van der Waals surface area contributed by atoms with E-state index in [4.69, 9.17) is 5.11 Å². The Balaban J connectivity index is 0. The number of methoxy groups -OCH3 is 1. The van der Waals surface area contributed by atoms with E-state index in [1.54, 1.807) is 24.3 Å².